The zero-order valence-corrected chi connectivity index (χ0v) is 49.8. The molecule has 0 N–H and O–H groups in total. The van der Waals surface area contributed by atoms with E-state index in [4.69, 9.17) is 8.83 Å². The summed E-state index contributed by atoms with van der Waals surface area (Å²) in [6, 6.07) is 106. The molecule has 0 aliphatic heterocycles. The molecule has 0 saturated carbocycles. The van der Waals surface area contributed by atoms with Crippen LogP contribution in [0.5, 0.6) is 0 Å². The predicted octanol–water partition coefficient (Wildman–Crippen LogP) is 24.5. The quantitative estimate of drug-likeness (QED) is 0.152. The molecule has 6 nitrogen and oxygen atoms in total. The van der Waals surface area contributed by atoms with Crippen molar-refractivity contribution in [2.45, 2.75) is 0 Å². The summed E-state index contributed by atoms with van der Waals surface area (Å²) >= 11 is 3.74. The first-order valence-corrected chi connectivity index (χ1v) is 32.1. The highest BCUT2D eigenvalue weighted by Crippen LogP contribution is 2.49. The fourth-order valence-corrected chi connectivity index (χ4v) is 16.9. The molecule has 0 radical (unpaired) electrons. The number of hydrogen-bond acceptors (Lipinski definition) is 6. The smallest absolute Gasteiger partial charge is 0.135 e. The molecule has 20 rings (SSSR count). The second kappa shape index (κ2) is 19.0. The number of thiophene rings is 2. The van der Waals surface area contributed by atoms with Crippen molar-refractivity contribution in [1.82, 2.24) is 9.13 Å². The van der Waals surface area contributed by atoms with Gasteiger partial charge in [-0.25, -0.2) is 0 Å². The van der Waals surface area contributed by atoms with Crippen LogP contribution in [0.1, 0.15) is 0 Å². The van der Waals surface area contributed by atoms with E-state index in [9.17, 15) is 0 Å². The third kappa shape index (κ3) is 7.43. The van der Waals surface area contributed by atoms with Crippen LogP contribution in [0, 0.1) is 0 Å². The molecule has 0 saturated heterocycles. The first-order valence-electron chi connectivity index (χ1n) is 30.4. The van der Waals surface area contributed by atoms with Crippen LogP contribution in [-0.2, 0) is 0 Å². The normalized spacial score (nSPS) is 12.2. The van der Waals surface area contributed by atoms with Gasteiger partial charge in [0, 0.05) is 129 Å². The number of para-hydroxylation sites is 6. The molecule has 8 heteroatoms. The Kier molecular flexibility index (Phi) is 10.5. The number of fused-ring (bicyclic) bond motifs is 19. The first-order chi connectivity index (χ1) is 44.6. The second-order valence-electron chi connectivity index (χ2n) is 23.6. The summed E-state index contributed by atoms with van der Waals surface area (Å²) < 4.78 is 22.6. The van der Waals surface area contributed by atoms with Gasteiger partial charge in [-0.3, -0.25) is 0 Å². The summed E-state index contributed by atoms with van der Waals surface area (Å²) in [6.45, 7) is 0. The molecule has 20 aromatic rings. The van der Waals surface area contributed by atoms with Gasteiger partial charge in [-0.2, -0.15) is 0 Å². The van der Waals surface area contributed by atoms with E-state index in [0.717, 1.165) is 89.4 Å². The van der Waals surface area contributed by atoms with Gasteiger partial charge in [0.25, 0.3) is 0 Å². The average Bonchev–Trinajstić information content (AvgIpc) is 4.35. The Morgan fingerprint density at radius 3 is 1.02 bits per heavy atom. The van der Waals surface area contributed by atoms with Crippen molar-refractivity contribution in [2.24, 2.45) is 0 Å². The van der Waals surface area contributed by atoms with Crippen molar-refractivity contribution in [3.05, 3.63) is 291 Å². The molecule has 420 valence electrons. The summed E-state index contributed by atoms with van der Waals surface area (Å²) in [5.74, 6) is 0. The third-order valence-electron chi connectivity index (χ3n) is 18.6. The molecule has 6 heterocycles. The van der Waals surface area contributed by atoms with Gasteiger partial charge in [0.1, 0.15) is 22.3 Å². The lowest BCUT2D eigenvalue weighted by Gasteiger charge is -2.26. The predicted molar refractivity (Wildman–Crippen MR) is 382 cm³/mol. The van der Waals surface area contributed by atoms with Crippen molar-refractivity contribution in [2.75, 3.05) is 9.80 Å². The lowest BCUT2D eigenvalue weighted by Crippen LogP contribution is -2.09. The van der Waals surface area contributed by atoms with Gasteiger partial charge in [-0.15, -0.1) is 22.7 Å². The average molecular weight is 1190 g/mol. The Morgan fingerprint density at radius 1 is 0.222 bits per heavy atom. The molecule has 14 aromatic carbocycles. The maximum atomic E-state index is 6.38. The standard InChI is InChI=1S/C82H48N4O2S2/c1-3-15-51(16-4-1)85-71-23-11-7-19-59(71)65-43-53(29-35-73(65)85)83(55-31-37-77-67(45-55)61-21-9-13-25-75(61)87-77)57-27-33-63-69-39-49-40-70-64-34-28-58(48-82(64)90-80(70)42-50(49)41-79(69)89-81(63)47-57)84(56-32-38-78-68(46-56)62-22-10-14-26-76(62)88-78)54-30-36-74-66(44-54)60-20-8-12-24-72(60)86(74)52-17-5-2-6-18-52/h1-48H. The number of nitrogens with zero attached hydrogens (tertiary/aromatic N) is 4. The minimum absolute atomic E-state index is 0.875. The number of rotatable bonds is 8. The SMILES string of the molecule is c1ccc(-n2c3ccccc3c3cc(N(c4ccc5c(c4)sc4cc6cc7sc8cc(N(c9ccc%10oc%11ccccc%11c%10c9)c9ccc%10c(c9)c9ccccc9n%10-c9ccccc9)ccc8c7cc6cc45)c4ccc5oc6ccccc6c5c4)ccc32)cc1. The summed E-state index contributed by atoms with van der Waals surface area (Å²) in [5, 5.41) is 16.7. The van der Waals surface area contributed by atoms with Crippen LogP contribution in [0.3, 0.4) is 0 Å². The van der Waals surface area contributed by atoms with Gasteiger partial charge in [0.05, 0.1) is 22.1 Å². The summed E-state index contributed by atoms with van der Waals surface area (Å²) in [5.41, 5.74) is 17.0. The molecule has 0 fully saturated rings. The maximum Gasteiger partial charge on any atom is 0.135 e. The molecule has 0 aliphatic carbocycles. The molecular weight excluding hydrogens is 1140 g/mol. The van der Waals surface area contributed by atoms with Gasteiger partial charge >= 0.3 is 0 Å². The van der Waals surface area contributed by atoms with Crippen LogP contribution in [0.15, 0.2) is 300 Å². The van der Waals surface area contributed by atoms with E-state index < -0.39 is 0 Å². The van der Waals surface area contributed by atoms with E-state index in [-0.39, 0.29) is 0 Å². The molecule has 0 spiro atoms. The lowest BCUT2D eigenvalue weighted by atomic mass is 10.0. The zero-order valence-electron chi connectivity index (χ0n) is 48.1. The molecule has 0 aliphatic rings. The molecule has 0 atom stereocenters. The Hall–Kier alpha value is -11.4. The Morgan fingerprint density at radius 2 is 0.556 bits per heavy atom. The van der Waals surface area contributed by atoms with E-state index in [1.165, 1.54) is 94.7 Å². The van der Waals surface area contributed by atoms with Gasteiger partial charge in [-0.1, -0.05) is 121 Å². The van der Waals surface area contributed by atoms with Crippen LogP contribution in [-0.4, -0.2) is 9.13 Å². The monoisotopic (exact) mass is 1180 g/mol. The third-order valence-corrected chi connectivity index (χ3v) is 20.8. The molecule has 0 amide bonds. The largest absolute Gasteiger partial charge is 0.456 e. The molecule has 0 unspecified atom stereocenters. The Labute approximate surface area is 522 Å². The van der Waals surface area contributed by atoms with Crippen LogP contribution in [0.25, 0.3) is 150 Å². The number of benzene rings is 14. The van der Waals surface area contributed by atoms with Crippen LogP contribution in [0.4, 0.5) is 34.1 Å². The van der Waals surface area contributed by atoms with Crippen LogP contribution < -0.4 is 9.80 Å². The van der Waals surface area contributed by atoms with Crippen molar-refractivity contribution < 1.29 is 8.83 Å². The van der Waals surface area contributed by atoms with E-state index in [1.807, 2.05) is 34.8 Å². The number of aromatic nitrogens is 2. The van der Waals surface area contributed by atoms with Crippen molar-refractivity contribution in [1.29, 1.82) is 0 Å². The minimum atomic E-state index is 0.875. The highest BCUT2D eigenvalue weighted by molar-refractivity contribution is 7.26. The van der Waals surface area contributed by atoms with E-state index >= 15 is 0 Å². The fraction of sp³-hybridized carbons (Fsp3) is 0. The second-order valence-corrected chi connectivity index (χ2v) is 25.8. The first kappa shape index (κ1) is 49.7. The number of furan rings is 2. The fourth-order valence-electron chi connectivity index (χ4n) is 14.6. The minimum Gasteiger partial charge on any atom is -0.456 e. The van der Waals surface area contributed by atoms with Gasteiger partial charge in [0.2, 0.25) is 0 Å². The van der Waals surface area contributed by atoms with Gasteiger partial charge in [-0.05, 0) is 181 Å². The lowest BCUT2D eigenvalue weighted by molar-refractivity contribution is 0.668. The summed E-state index contributed by atoms with van der Waals surface area (Å²) in [6.07, 6.45) is 0. The summed E-state index contributed by atoms with van der Waals surface area (Å²) in [7, 11) is 0. The van der Waals surface area contributed by atoms with Gasteiger partial charge < -0.3 is 27.8 Å². The van der Waals surface area contributed by atoms with Crippen LogP contribution in [0.2, 0.25) is 0 Å². The van der Waals surface area contributed by atoms with Crippen LogP contribution >= 0.6 is 22.7 Å². The highest BCUT2D eigenvalue weighted by Gasteiger charge is 2.23. The van der Waals surface area contributed by atoms with Crippen molar-refractivity contribution >= 4 is 195 Å². The van der Waals surface area contributed by atoms with E-state index in [0.29, 0.717) is 0 Å². The molecule has 6 aromatic heterocycles. The molecule has 90 heavy (non-hydrogen) atoms. The molecular formula is C82H48N4O2S2. The maximum absolute atomic E-state index is 6.38. The Balaban J connectivity index is 0.714. The van der Waals surface area contributed by atoms with Crippen molar-refractivity contribution in [3.63, 3.8) is 0 Å². The number of hydrogen-bond donors (Lipinski definition) is 0. The van der Waals surface area contributed by atoms with Crippen molar-refractivity contribution in [3.8, 4) is 11.4 Å². The zero-order chi connectivity index (χ0) is 58.7. The topological polar surface area (TPSA) is 42.6 Å². The number of anilines is 6. The van der Waals surface area contributed by atoms with E-state index in [2.05, 4.69) is 298 Å². The van der Waals surface area contributed by atoms with Gasteiger partial charge in [0.15, 0.2) is 0 Å². The summed E-state index contributed by atoms with van der Waals surface area (Å²) in [4.78, 5) is 4.84. The van der Waals surface area contributed by atoms with E-state index in [1.54, 1.807) is 0 Å². The molecule has 0 bridgehead atoms. The Bertz CT molecular complexity index is 6000. The highest BCUT2D eigenvalue weighted by atomic mass is 32.1.